The molecule has 2 N–H and O–H groups in total. The third-order valence-corrected chi connectivity index (χ3v) is 3.05. The minimum Gasteiger partial charge on any atom is -0.381 e. The van der Waals surface area contributed by atoms with Gasteiger partial charge in [0.15, 0.2) is 0 Å². The van der Waals surface area contributed by atoms with Crippen molar-refractivity contribution in [2.24, 2.45) is 11.7 Å². The van der Waals surface area contributed by atoms with E-state index in [9.17, 15) is 4.79 Å². The van der Waals surface area contributed by atoms with Crippen LogP contribution in [0.2, 0.25) is 0 Å². The molecule has 0 aliphatic carbocycles. The molecule has 1 heterocycles. The molecule has 4 heteroatoms. The van der Waals surface area contributed by atoms with Crippen molar-refractivity contribution >= 4 is 5.91 Å². The molecule has 94 valence electrons. The second-order valence-electron chi connectivity index (χ2n) is 4.68. The summed E-state index contributed by atoms with van der Waals surface area (Å²) in [5.41, 5.74) is 5.66. The van der Waals surface area contributed by atoms with Gasteiger partial charge in [-0.1, -0.05) is 0 Å². The van der Waals surface area contributed by atoms with Gasteiger partial charge in [0.1, 0.15) is 0 Å². The van der Waals surface area contributed by atoms with Crippen LogP contribution in [0.4, 0.5) is 0 Å². The van der Waals surface area contributed by atoms with E-state index in [2.05, 4.69) is 0 Å². The molecule has 1 amide bonds. The summed E-state index contributed by atoms with van der Waals surface area (Å²) in [6.07, 6.45) is 2.42. The highest BCUT2D eigenvalue weighted by Gasteiger charge is 2.21. The lowest BCUT2D eigenvalue weighted by atomic mass is 10.1. The molecule has 1 rings (SSSR count). The van der Waals surface area contributed by atoms with Gasteiger partial charge in [0.05, 0.1) is 6.61 Å². The lowest BCUT2D eigenvalue weighted by Crippen LogP contribution is -2.36. The summed E-state index contributed by atoms with van der Waals surface area (Å²) in [5.74, 6) is 0.755. The second-order valence-corrected chi connectivity index (χ2v) is 4.68. The summed E-state index contributed by atoms with van der Waals surface area (Å²) in [6.45, 7) is 7.24. The first kappa shape index (κ1) is 13.5. The molecule has 2 unspecified atom stereocenters. The Kier molecular flexibility index (Phi) is 5.77. The fourth-order valence-corrected chi connectivity index (χ4v) is 1.96. The average Bonchev–Trinajstić information content (AvgIpc) is 2.75. The monoisotopic (exact) mass is 228 g/mol. The van der Waals surface area contributed by atoms with Crippen molar-refractivity contribution in [2.75, 3.05) is 26.3 Å². The molecule has 0 aromatic rings. The zero-order valence-corrected chi connectivity index (χ0v) is 10.4. The van der Waals surface area contributed by atoms with Gasteiger partial charge in [-0.15, -0.1) is 0 Å². The lowest BCUT2D eigenvalue weighted by molar-refractivity contribution is -0.131. The molecular weight excluding hydrogens is 204 g/mol. The van der Waals surface area contributed by atoms with Crippen molar-refractivity contribution < 1.29 is 9.53 Å². The van der Waals surface area contributed by atoms with Gasteiger partial charge in [0.25, 0.3) is 0 Å². The standard InChI is InChI=1S/C12H24N2O2/c1-3-14(8-11-6-7-16-9-11)12(15)5-4-10(2)13/h10-11H,3-9,13H2,1-2H3. The van der Waals surface area contributed by atoms with Gasteiger partial charge in [-0.3, -0.25) is 4.79 Å². The number of hydrogen-bond acceptors (Lipinski definition) is 3. The van der Waals surface area contributed by atoms with E-state index in [1.165, 1.54) is 0 Å². The largest absolute Gasteiger partial charge is 0.381 e. The quantitative estimate of drug-likeness (QED) is 0.738. The molecule has 0 bridgehead atoms. The van der Waals surface area contributed by atoms with E-state index in [1.54, 1.807) is 0 Å². The molecule has 1 saturated heterocycles. The van der Waals surface area contributed by atoms with Crippen LogP contribution in [0.15, 0.2) is 0 Å². The number of hydrogen-bond donors (Lipinski definition) is 1. The molecule has 1 aliphatic rings. The number of nitrogens with two attached hydrogens (primary N) is 1. The van der Waals surface area contributed by atoms with E-state index in [1.807, 2.05) is 18.7 Å². The second kappa shape index (κ2) is 6.86. The van der Waals surface area contributed by atoms with Gasteiger partial charge >= 0.3 is 0 Å². The Balaban J connectivity index is 2.30. The fourth-order valence-electron chi connectivity index (χ4n) is 1.96. The van der Waals surface area contributed by atoms with Crippen molar-refractivity contribution in [3.05, 3.63) is 0 Å². The van der Waals surface area contributed by atoms with E-state index < -0.39 is 0 Å². The predicted molar refractivity (Wildman–Crippen MR) is 64.1 cm³/mol. The number of rotatable bonds is 6. The summed E-state index contributed by atoms with van der Waals surface area (Å²) in [6, 6.07) is 0.109. The molecule has 2 atom stereocenters. The topological polar surface area (TPSA) is 55.6 Å². The van der Waals surface area contributed by atoms with Crippen molar-refractivity contribution in [1.29, 1.82) is 0 Å². The van der Waals surface area contributed by atoms with E-state index in [0.717, 1.165) is 39.1 Å². The maximum absolute atomic E-state index is 11.9. The Morgan fingerprint density at radius 2 is 2.38 bits per heavy atom. The van der Waals surface area contributed by atoms with Gasteiger partial charge in [0, 0.05) is 38.1 Å². The summed E-state index contributed by atoms with van der Waals surface area (Å²) in [7, 11) is 0. The maximum Gasteiger partial charge on any atom is 0.222 e. The van der Waals surface area contributed by atoms with E-state index in [0.29, 0.717) is 12.3 Å². The SMILES string of the molecule is CCN(CC1CCOC1)C(=O)CCC(C)N. The Morgan fingerprint density at radius 3 is 2.88 bits per heavy atom. The first-order valence-corrected chi connectivity index (χ1v) is 6.24. The first-order chi connectivity index (χ1) is 7.63. The van der Waals surface area contributed by atoms with E-state index in [-0.39, 0.29) is 11.9 Å². The first-order valence-electron chi connectivity index (χ1n) is 6.24. The third-order valence-electron chi connectivity index (χ3n) is 3.05. The van der Waals surface area contributed by atoms with Crippen molar-refractivity contribution in [3.8, 4) is 0 Å². The molecule has 0 aromatic carbocycles. The minimum absolute atomic E-state index is 0.109. The lowest BCUT2D eigenvalue weighted by Gasteiger charge is -2.24. The van der Waals surface area contributed by atoms with Crippen LogP contribution in [0.25, 0.3) is 0 Å². The number of ether oxygens (including phenoxy) is 1. The van der Waals surface area contributed by atoms with Crippen molar-refractivity contribution in [2.45, 2.75) is 39.2 Å². The number of nitrogens with zero attached hydrogens (tertiary/aromatic N) is 1. The fraction of sp³-hybridized carbons (Fsp3) is 0.917. The summed E-state index contributed by atoms with van der Waals surface area (Å²) >= 11 is 0. The third kappa shape index (κ3) is 4.49. The van der Waals surface area contributed by atoms with E-state index >= 15 is 0 Å². The number of amides is 1. The Morgan fingerprint density at radius 1 is 1.62 bits per heavy atom. The summed E-state index contributed by atoms with van der Waals surface area (Å²) < 4.78 is 5.32. The van der Waals surface area contributed by atoms with Crippen LogP contribution in [0, 0.1) is 5.92 Å². The molecule has 1 aliphatic heterocycles. The highest BCUT2D eigenvalue weighted by atomic mass is 16.5. The summed E-state index contributed by atoms with van der Waals surface area (Å²) in [5, 5.41) is 0. The average molecular weight is 228 g/mol. The minimum atomic E-state index is 0.109. The molecule has 1 fully saturated rings. The molecule has 0 aromatic heterocycles. The number of carbonyl (C=O) groups is 1. The van der Waals surface area contributed by atoms with Crippen LogP contribution in [0.5, 0.6) is 0 Å². The van der Waals surface area contributed by atoms with Gasteiger partial charge < -0.3 is 15.4 Å². The zero-order valence-electron chi connectivity index (χ0n) is 10.4. The highest BCUT2D eigenvalue weighted by Crippen LogP contribution is 2.14. The molecule has 0 saturated carbocycles. The van der Waals surface area contributed by atoms with Crippen LogP contribution in [-0.2, 0) is 9.53 Å². The Bertz CT molecular complexity index is 213. The zero-order chi connectivity index (χ0) is 12.0. The summed E-state index contributed by atoms with van der Waals surface area (Å²) in [4.78, 5) is 13.8. The molecule has 0 spiro atoms. The van der Waals surface area contributed by atoms with Crippen molar-refractivity contribution in [3.63, 3.8) is 0 Å². The van der Waals surface area contributed by atoms with Gasteiger partial charge in [-0.2, -0.15) is 0 Å². The van der Waals surface area contributed by atoms with E-state index in [4.69, 9.17) is 10.5 Å². The molecule has 4 nitrogen and oxygen atoms in total. The Labute approximate surface area is 98.1 Å². The molecule has 0 radical (unpaired) electrons. The molecular formula is C12H24N2O2. The highest BCUT2D eigenvalue weighted by molar-refractivity contribution is 5.76. The van der Waals surface area contributed by atoms with Gasteiger partial charge in [-0.05, 0) is 26.7 Å². The number of carbonyl (C=O) groups excluding carboxylic acids is 1. The smallest absolute Gasteiger partial charge is 0.222 e. The van der Waals surface area contributed by atoms with Gasteiger partial charge in [-0.25, -0.2) is 0 Å². The van der Waals surface area contributed by atoms with Crippen LogP contribution in [0.3, 0.4) is 0 Å². The maximum atomic E-state index is 11.9. The molecule has 16 heavy (non-hydrogen) atoms. The Hall–Kier alpha value is -0.610. The van der Waals surface area contributed by atoms with Crippen LogP contribution < -0.4 is 5.73 Å². The van der Waals surface area contributed by atoms with Gasteiger partial charge in [0.2, 0.25) is 5.91 Å². The van der Waals surface area contributed by atoms with Crippen molar-refractivity contribution in [1.82, 2.24) is 4.90 Å². The predicted octanol–water partition coefficient (Wildman–Crippen LogP) is 0.999. The van der Waals surface area contributed by atoms with Crippen LogP contribution >= 0.6 is 0 Å². The normalized spacial score (nSPS) is 22.1. The van der Waals surface area contributed by atoms with Crippen LogP contribution in [-0.4, -0.2) is 43.2 Å². The van der Waals surface area contributed by atoms with Crippen LogP contribution in [0.1, 0.15) is 33.1 Å².